The molecule has 3 atom stereocenters. The van der Waals surface area contributed by atoms with Crippen LogP contribution in [0.1, 0.15) is 32.1 Å². The van der Waals surface area contributed by atoms with Gasteiger partial charge >= 0.3 is 0 Å². The van der Waals surface area contributed by atoms with Crippen LogP contribution in [0.3, 0.4) is 0 Å². The van der Waals surface area contributed by atoms with Crippen molar-refractivity contribution in [2.75, 3.05) is 12.4 Å². The Balaban J connectivity index is 1.62. The normalized spacial score (nSPS) is 26.2. The van der Waals surface area contributed by atoms with Gasteiger partial charge in [-0.2, -0.15) is 0 Å². The quantitative estimate of drug-likeness (QED) is 0.757. The van der Waals surface area contributed by atoms with Gasteiger partial charge in [-0.1, -0.05) is 18.0 Å². The molecule has 3 rings (SSSR count). The number of anilines is 1. The van der Waals surface area contributed by atoms with Crippen LogP contribution in [-0.4, -0.2) is 37.0 Å². The van der Waals surface area contributed by atoms with Crippen molar-refractivity contribution in [2.45, 2.75) is 50.2 Å². The first-order valence-corrected chi connectivity index (χ1v) is 8.73. The number of piperazine rings is 1. The van der Waals surface area contributed by atoms with Crippen LogP contribution in [0.15, 0.2) is 18.2 Å². The lowest BCUT2D eigenvalue weighted by atomic mass is 9.87. The van der Waals surface area contributed by atoms with Crippen molar-refractivity contribution in [3.8, 4) is 5.75 Å². The average molecular weight is 353 g/mol. The predicted octanol–water partition coefficient (Wildman–Crippen LogP) is 1.05. The summed E-state index contributed by atoms with van der Waals surface area (Å²) in [7, 11) is 1.53. The van der Waals surface area contributed by atoms with E-state index < -0.39 is 0 Å². The maximum absolute atomic E-state index is 12.4. The van der Waals surface area contributed by atoms with Crippen LogP contribution in [0.4, 0.5) is 5.69 Å². The molecule has 0 aromatic heterocycles. The lowest BCUT2D eigenvalue weighted by molar-refractivity contribution is -0.718. The van der Waals surface area contributed by atoms with E-state index in [1.54, 1.807) is 18.2 Å². The Labute approximate surface area is 146 Å². The Morgan fingerprint density at radius 3 is 3.00 bits per heavy atom. The van der Waals surface area contributed by atoms with Gasteiger partial charge in [-0.05, 0) is 31.0 Å². The number of hydrogen-bond donors (Lipinski definition) is 3. The lowest BCUT2D eigenvalue weighted by Gasteiger charge is -2.37. The third kappa shape index (κ3) is 3.82. The molecule has 0 bridgehead atoms. The van der Waals surface area contributed by atoms with Crippen molar-refractivity contribution in [3.63, 3.8) is 0 Å². The molecule has 1 saturated heterocycles. The summed E-state index contributed by atoms with van der Waals surface area (Å²) in [5, 5.41) is 8.45. The minimum absolute atomic E-state index is 0.0497. The van der Waals surface area contributed by atoms with Gasteiger partial charge in [0.1, 0.15) is 11.8 Å². The molecule has 2 amide bonds. The lowest BCUT2D eigenvalue weighted by Crippen LogP contribution is -3.03. The highest BCUT2D eigenvalue weighted by atomic mass is 35.5. The number of rotatable bonds is 4. The number of nitrogens with two attached hydrogens (primary N) is 1. The predicted molar refractivity (Wildman–Crippen MR) is 91.2 cm³/mol. The van der Waals surface area contributed by atoms with Crippen LogP contribution < -0.4 is 20.7 Å². The molecular weight excluding hydrogens is 330 g/mol. The molecule has 1 aromatic carbocycles. The molecule has 0 unspecified atom stereocenters. The number of carbonyl (C=O) groups is 2. The monoisotopic (exact) mass is 352 g/mol. The summed E-state index contributed by atoms with van der Waals surface area (Å²) in [6.45, 7) is 0. The Hall–Kier alpha value is -1.79. The number of amides is 2. The van der Waals surface area contributed by atoms with Crippen molar-refractivity contribution < 1.29 is 19.6 Å². The summed E-state index contributed by atoms with van der Waals surface area (Å²) >= 11 is 5.97. The number of methoxy groups -OCH3 is 1. The highest BCUT2D eigenvalue weighted by molar-refractivity contribution is 6.31. The molecule has 2 aliphatic rings. The van der Waals surface area contributed by atoms with E-state index in [0.29, 0.717) is 22.5 Å². The molecule has 0 radical (unpaired) electrons. The van der Waals surface area contributed by atoms with Gasteiger partial charge in [0.15, 0.2) is 6.04 Å². The molecule has 1 aliphatic carbocycles. The first kappa shape index (κ1) is 17.0. The van der Waals surface area contributed by atoms with Crippen LogP contribution in [-0.2, 0) is 9.59 Å². The molecule has 6 nitrogen and oxygen atoms in total. The van der Waals surface area contributed by atoms with E-state index >= 15 is 0 Å². The number of fused-ring (bicyclic) bond motifs is 1. The Bertz CT molecular complexity index is 638. The van der Waals surface area contributed by atoms with E-state index in [1.807, 2.05) is 0 Å². The third-order valence-corrected chi connectivity index (χ3v) is 5.04. The number of nitrogens with one attached hydrogen (secondary N) is 2. The van der Waals surface area contributed by atoms with Gasteiger partial charge in [-0.25, -0.2) is 0 Å². The van der Waals surface area contributed by atoms with E-state index in [4.69, 9.17) is 16.3 Å². The molecule has 24 heavy (non-hydrogen) atoms. The molecule has 130 valence electrons. The fraction of sp³-hybridized carbons (Fsp3) is 0.529. The van der Waals surface area contributed by atoms with E-state index in [-0.39, 0.29) is 30.3 Å². The molecule has 1 saturated carbocycles. The van der Waals surface area contributed by atoms with Gasteiger partial charge in [0.2, 0.25) is 5.91 Å². The molecule has 7 heteroatoms. The van der Waals surface area contributed by atoms with Gasteiger partial charge in [-0.3, -0.25) is 9.59 Å². The zero-order valence-corrected chi connectivity index (χ0v) is 14.4. The topological polar surface area (TPSA) is 84.0 Å². The number of carbonyl (C=O) groups excluding carboxylic acids is 2. The second-order valence-corrected chi connectivity index (χ2v) is 6.90. The summed E-state index contributed by atoms with van der Waals surface area (Å²) in [6, 6.07) is 5.29. The van der Waals surface area contributed by atoms with Gasteiger partial charge < -0.3 is 20.7 Å². The van der Waals surface area contributed by atoms with Crippen LogP contribution in [0.2, 0.25) is 5.02 Å². The second-order valence-electron chi connectivity index (χ2n) is 6.46. The maximum atomic E-state index is 12.4. The van der Waals surface area contributed by atoms with Gasteiger partial charge in [-0.15, -0.1) is 0 Å². The number of halogens is 1. The fourth-order valence-corrected chi connectivity index (χ4v) is 3.76. The van der Waals surface area contributed by atoms with Crippen LogP contribution in [0.5, 0.6) is 5.75 Å². The summed E-state index contributed by atoms with van der Waals surface area (Å²) in [6.07, 6.45) is 4.60. The standard InChI is InChI=1S/C17H22ClN3O3/c1-24-15-7-6-10(18)8-13(15)20-16(22)9-14-17(23)21-12-5-3-2-4-11(12)19-14/h6-8,11-12,14,19H,2-5,9H2,1H3,(H,20,22)(H,21,23)/p+1/t11-,12+,14+/m0/s1. The van der Waals surface area contributed by atoms with E-state index in [2.05, 4.69) is 16.0 Å². The largest absolute Gasteiger partial charge is 0.495 e. The number of benzene rings is 1. The Morgan fingerprint density at radius 1 is 1.42 bits per heavy atom. The highest BCUT2D eigenvalue weighted by Crippen LogP contribution is 2.27. The summed E-state index contributed by atoms with van der Waals surface area (Å²) in [5.41, 5.74) is 0.516. The van der Waals surface area contributed by atoms with Gasteiger partial charge in [0.25, 0.3) is 5.91 Å². The SMILES string of the molecule is COc1ccc(Cl)cc1NC(=O)C[C@H]1[NH2+][C@H]2CCCC[C@H]2NC1=O. The molecular formula is C17H23ClN3O3+. The highest BCUT2D eigenvalue weighted by Gasteiger charge is 2.40. The van der Waals surface area contributed by atoms with Crippen molar-refractivity contribution >= 4 is 29.1 Å². The minimum Gasteiger partial charge on any atom is -0.495 e. The summed E-state index contributed by atoms with van der Waals surface area (Å²) < 4.78 is 5.22. The zero-order valence-electron chi connectivity index (χ0n) is 13.7. The number of hydrogen-bond acceptors (Lipinski definition) is 3. The van der Waals surface area contributed by atoms with E-state index in [1.165, 1.54) is 13.5 Å². The Morgan fingerprint density at radius 2 is 2.21 bits per heavy atom. The van der Waals surface area contributed by atoms with Crippen molar-refractivity contribution in [1.82, 2.24) is 5.32 Å². The van der Waals surface area contributed by atoms with Gasteiger partial charge in [0.05, 0.1) is 25.3 Å². The van der Waals surface area contributed by atoms with Gasteiger partial charge in [0, 0.05) is 11.4 Å². The fourth-order valence-electron chi connectivity index (χ4n) is 3.58. The minimum atomic E-state index is -0.380. The molecule has 4 N–H and O–H groups in total. The molecule has 1 heterocycles. The number of quaternary nitrogens is 1. The second kappa shape index (κ2) is 7.40. The molecule has 0 spiro atoms. The number of ether oxygens (including phenoxy) is 1. The van der Waals surface area contributed by atoms with E-state index in [0.717, 1.165) is 19.3 Å². The van der Waals surface area contributed by atoms with Crippen molar-refractivity contribution in [1.29, 1.82) is 0 Å². The van der Waals surface area contributed by atoms with Crippen LogP contribution in [0, 0.1) is 0 Å². The molecule has 1 aromatic rings. The molecule has 2 fully saturated rings. The third-order valence-electron chi connectivity index (χ3n) is 4.80. The maximum Gasteiger partial charge on any atom is 0.279 e. The van der Waals surface area contributed by atoms with Crippen LogP contribution >= 0.6 is 11.6 Å². The zero-order chi connectivity index (χ0) is 17.1. The summed E-state index contributed by atoms with van der Waals surface area (Å²) in [5.74, 6) is 0.268. The van der Waals surface area contributed by atoms with Crippen LogP contribution in [0.25, 0.3) is 0 Å². The van der Waals surface area contributed by atoms with Crippen molar-refractivity contribution in [2.24, 2.45) is 0 Å². The van der Waals surface area contributed by atoms with E-state index in [9.17, 15) is 9.59 Å². The average Bonchev–Trinajstić information content (AvgIpc) is 2.55. The summed E-state index contributed by atoms with van der Waals surface area (Å²) in [4.78, 5) is 24.6. The smallest absolute Gasteiger partial charge is 0.279 e. The Kier molecular flexibility index (Phi) is 5.26. The molecule has 1 aliphatic heterocycles. The first-order chi connectivity index (χ1) is 11.6. The first-order valence-electron chi connectivity index (χ1n) is 8.35. The van der Waals surface area contributed by atoms with Crippen molar-refractivity contribution in [3.05, 3.63) is 23.2 Å².